The first-order chi connectivity index (χ1) is 8.86. The Morgan fingerprint density at radius 3 is 2.32 bits per heavy atom. The van der Waals surface area contributed by atoms with Crippen LogP contribution in [-0.4, -0.2) is 42.5 Å². The lowest BCUT2D eigenvalue weighted by atomic mass is 10.2. The molecular formula is C11H18ClN3O3S. The molecule has 1 amide bonds. The van der Waals surface area contributed by atoms with Gasteiger partial charge in [-0.15, -0.1) is 0 Å². The van der Waals surface area contributed by atoms with Crippen molar-refractivity contribution in [2.24, 2.45) is 0 Å². The molecule has 0 aromatic carbocycles. The van der Waals surface area contributed by atoms with Gasteiger partial charge in [0.1, 0.15) is 4.90 Å². The molecule has 0 atom stereocenters. The number of H-pyrrole nitrogens is 1. The molecule has 0 saturated heterocycles. The predicted octanol–water partition coefficient (Wildman–Crippen LogP) is 1.77. The van der Waals surface area contributed by atoms with Gasteiger partial charge in [-0.1, -0.05) is 13.3 Å². The molecule has 1 aromatic rings. The minimum absolute atomic E-state index is 0.123. The SMILES string of the molecule is CCCc1[nH]nc(C(=O)N(CC)CC)c1S(=O)(=O)Cl. The van der Waals surface area contributed by atoms with Crippen LogP contribution < -0.4 is 0 Å². The number of rotatable bonds is 6. The number of aryl methyl sites for hydroxylation is 1. The molecule has 1 rings (SSSR count). The van der Waals surface area contributed by atoms with E-state index in [-0.39, 0.29) is 10.6 Å². The number of carbonyl (C=O) groups excluding carboxylic acids is 1. The number of aromatic amines is 1. The summed E-state index contributed by atoms with van der Waals surface area (Å²) in [5, 5.41) is 6.44. The summed E-state index contributed by atoms with van der Waals surface area (Å²) in [6.07, 6.45) is 1.19. The number of hydrogen-bond acceptors (Lipinski definition) is 4. The summed E-state index contributed by atoms with van der Waals surface area (Å²) in [5.41, 5.74) is 0.259. The van der Waals surface area contributed by atoms with E-state index in [0.29, 0.717) is 25.2 Å². The maximum Gasteiger partial charge on any atom is 0.275 e. The number of nitrogens with one attached hydrogen (secondary N) is 1. The third-order valence-electron chi connectivity index (χ3n) is 2.79. The Morgan fingerprint density at radius 2 is 1.89 bits per heavy atom. The van der Waals surface area contributed by atoms with Gasteiger partial charge in [0.25, 0.3) is 15.0 Å². The average Bonchev–Trinajstić information content (AvgIpc) is 2.74. The summed E-state index contributed by atoms with van der Waals surface area (Å²) in [6.45, 7) is 6.49. The number of amides is 1. The Morgan fingerprint density at radius 1 is 1.32 bits per heavy atom. The van der Waals surface area contributed by atoms with Crippen molar-refractivity contribution < 1.29 is 13.2 Å². The molecule has 0 fully saturated rings. The molecular weight excluding hydrogens is 290 g/mol. The van der Waals surface area contributed by atoms with Gasteiger partial charge in [0, 0.05) is 23.8 Å². The van der Waals surface area contributed by atoms with Crippen LogP contribution in [0.4, 0.5) is 0 Å². The molecule has 1 heterocycles. The first-order valence-electron chi connectivity index (χ1n) is 6.17. The fourth-order valence-electron chi connectivity index (χ4n) is 1.86. The van der Waals surface area contributed by atoms with Crippen LogP contribution in [-0.2, 0) is 15.5 Å². The van der Waals surface area contributed by atoms with Gasteiger partial charge in [0.2, 0.25) is 0 Å². The van der Waals surface area contributed by atoms with E-state index in [1.807, 2.05) is 20.8 Å². The molecule has 0 aliphatic rings. The smallest absolute Gasteiger partial charge is 0.275 e. The normalized spacial score (nSPS) is 11.6. The van der Waals surface area contributed by atoms with Crippen molar-refractivity contribution in [1.29, 1.82) is 0 Å². The van der Waals surface area contributed by atoms with Crippen molar-refractivity contribution >= 4 is 25.6 Å². The Bertz CT molecular complexity index is 550. The fourth-order valence-corrected chi connectivity index (χ4v) is 3.16. The summed E-state index contributed by atoms with van der Waals surface area (Å²) >= 11 is 0. The van der Waals surface area contributed by atoms with Gasteiger partial charge in [-0.25, -0.2) is 8.42 Å². The quantitative estimate of drug-likeness (QED) is 0.812. The standard InChI is InChI=1S/C11H18ClN3O3S/c1-4-7-8-10(19(12,17)18)9(14-13-8)11(16)15(5-2)6-3/h4-7H2,1-3H3,(H,13,14). The van der Waals surface area contributed by atoms with Crippen LogP contribution in [0.25, 0.3) is 0 Å². The fraction of sp³-hybridized carbons (Fsp3) is 0.636. The monoisotopic (exact) mass is 307 g/mol. The first kappa shape index (κ1) is 16.0. The van der Waals surface area contributed by atoms with E-state index >= 15 is 0 Å². The minimum Gasteiger partial charge on any atom is -0.338 e. The van der Waals surface area contributed by atoms with Gasteiger partial charge in [-0.2, -0.15) is 5.10 Å². The molecule has 8 heteroatoms. The van der Waals surface area contributed by atoms with Crippen LogP contribution in [0.3, 0.4) is 0 Å². The maximum absolute atomic E-state index is 12.2. The van der Waals surface area contributed by atoms with Crippen molar-refractivity contribution in [3.8, 4) is 0 Å². The summed E-state index contributed by atoms with van der Waals surface area (Å²) in [5.74, 6) is -0.428. The zero-order chi connectivity index (χ0) is 14.6. The molecule has 108 valence electrons. The highest BCUT2D eigenvalue weighted by Crippen LogP contribution is 2.24. The summed E-state index contributed by atoms with van der Waals surface area (Å²) in [6, 6.07) is 0. The number of aromatic nitrogens is 2. The number of halogens is 1. The van der Waals surface area contributed by atoms with Crippen LogP contribution in [0.2, 0.25) is 0 Å². The molecule has 1 aromatic heterocycles. The molecule has 6 nitrogen and oxygen atoms in total. The second kappa shape index (κ2) is 6.38. The number of carbonyl (C=O) groups is 1. The molecule has 1 N–H and O–H groups in total. The van der Waals surface area contributed by atoms with Crippen molar-refractivity contribution in [3.05, 3.63) is 11.4 Å². The number of hydrogen-bond donors (Lipinski definition) is 1. The second-order valence-corrected chi connectivity index (χ2v) is 6.55. The van der Waals surface area contributed by atoms with Crippen molar-refractivity contribution in [2.45, 2.75) is 38.5 Å². The van der Waals surface area contributed by atoms with E-state index in [0.717, 1.165) is 6.42 Å². The van der Waals surface area contributed by atoms with Crippen LogP contribution in [0.5, 0.6) is 0 Å². The summed E-state index contributed by atoms with van der Waals surface area (Å²) in [7, 11) is 1.42. The van der Waals surface area contributed by atoms with E-state index in [1.165, 1.54) is 4.90 Å². The molecule has 0 bridgehead atoms. The molecule has 0 spiro atoms. The van der Waals surface area contributed by atoms with Gasteiger partial charge in [0.05, 0.1) is 5.69 Å². The Balaban J connectivity index is 3.33. The molecule has 0 aliphatic carbocycles. The zero-order valence-electron chi connectivity index (χ0n) is 11.2. The molecule has 0 aliphatic heterocycles. The van der Waals surface area contributed by atoms with Gasteiger partial charge in [-0.3, -0.25) is 9.89 Å². The zero-order valence-corrected chi connectivity index (χ0v) is 12.8. The maximum atomic E-state index is 12.2. The van der Waals surface area contributed by atoms with E-state index in [9.17, 15) is 13.2 Å². The molecule has 19 heavy (non-hydrogen) atoms. The van der Waals surface area contributed by atoms with Crippen LogP contribution in [0.1, 0.15) is 43.4 Å². The van der Waals surface area contributed by atoms with E-state index < -0.39 is 15.0 Å². The third kappa shape index (κ3) is 3.48. The highest BCUT2D eigenvalue weighted by Gasteiger charge is 2.29. The van der Waals surface area contributed by atoms with Crippen molar-refractivity contribution in [3.63, 3.8) is 0 Å². The van der Waals surface area contributed by atoms with Gasteiger partial charge in [0.15, 0.2) is 5.69 Å². The molecule has 0 unspecified atom stereocenters. The highest BCUT2D eigenvalue weighted by molar-refractivity contribution is 8.13. The second-order valence-electron chi connectivity index (χ2n) is 4.05. The lowest BCUT2D eigenvalue weighted by Gasteiger charge is -2.17. The molecule has 0 saturated carbocycles. The van der Waals surface area contributed by atoms with Gasteiger partial charge in [-0.05, 0) is 20.3 Å². The largest absolute Gasteiger partial charge is 0.338 e. The van der Waals surface area contributed by atoms with Crippen LogP contribution in [0, 0.1) is 0 Å². The van der Waals surface area contributed by atoms with Crippen LogP contribution in [0.15, 0.2) is 4.90 Å². The summed E-state index contributed by atoms with van der Waals surface area (Å²) in [4.78, 5) is 13.5. The summed E-state index contributed by atoms with van der Waals surface area (Å²) < 4.78 is 23.3. The van der Waals surface area contributed by atoms with Crippen molar-refractivity contribution in [1.82, 2.24) is 15.1 Å². The van der Waals surface area contributed by atoms with E-state index in [2.05, 4.69) is 10.2 Å². The van der Waals surface area contributed by atoms with Gasteiger partial charge < -0.3 is 4.90 Å². The third-order valence-corrected chi connectivity index (χ3v) is 4.18. The Labute approximate surface area is 117 Å². The Hall–Kier alpha value is -1.08. The van der Waals surface area contributed by atoms with E-state index in [1.54, 1.807) is 0 Å². The van der Waals surface area contributed by atoms with Crippen molar-refractivity contribution in [2.75, 3.05) is 13.1 Å². The van der Waals surface area contributed by atoms with Gasteiger partial charge >= 0.3 is 0 Å². The average molecular weight is 308 g/mol. The van der Waals surface area contributed by atoms with Crippen LogP contribution >= 0.6 is 10.7 Å². The topological polar surface area (TPSA) is 83.1 Å². The first-order valence-corrected chi connectivity index (χ1v) is 8.48. The minimum atomic E-state index is -4.01. The predicted molar refractivity (Wildman–Crippen MR) is 72.9 cm³/mol. The lowest BCUT2D eigenvalue weighted by molar-refractivity contribution is 0.0763. The molecule has 0 radical (unpaired) electrons. The Kier molecular flexibility index (Phi) is 5.37. The highest BCUT2D eigenvalue weighted by atomic mass is 35.7. The van der Waals surface area contributed by atoms with E-state index in [4.69, 9.17) is 10.7 Å². The number of nitrogens with zero attached hydrogens (tertiary/aromatic N) is 2. The lowest BCUT2D eigenvalue weighted by Crippen LogP contribution is -2.31.